The average Bonchev–Trinajstić information content (AvgIpc) is 2.55. The second kappa shape index (κ2) is 8.64. The van der Waals surface area contributed by atoms with E-state index in [0.29, 0.717) is 12.1 Å². The van der Waals surface area contributed by atoms with Crippen LogP contribution < -0.4 is 10.6 Å². The van der Waals surface area contributed by atoms with Crippen molar-refractivity contribution in [3.8, 4) is 0 Å². The molecule has 0 fully saturated rings. The predicted octanol–water partition coefficient (Wildman–Crippen LogP) is 3.75. The molecule has 0 saturated carbocycles. The summed E-state index contributed by atoms with van der Waals surface area (Å²) in [6, 6.07) is 15.1. The number of halogens is 1. The van der Waals surface area contributed by atoms with Gasteiger partial charge in [-0.05, 0) is 43.2 Å². The van der Waals surface area contributed by atoms with Gasteiger partial charge in [0.25, 0.3) is 5.91 Å². The zero-order valence-corrected chi connectivity index (χ0v) is 15.4. The molecule has 2 N–H and O–H groups in total. The van der Waals surface area contributed by atoms with Crippen molar-refractivity contribution in [3.63, 3.8) is 0 Å². The summed E-state index contributed by atoms with van der Waals surface area (Å²) in [6.07, 6.45) is 0.249. The highest BCUT2D eigenvalue weighted by molar-refractivity contribution is 9.10. The number of amides is 2. The van der Waals surface area contributed by atoms with Crippen LogP contribution in [0, 0.1) is 6.92 Å². The van der Waals surface area contributed by atoms with Gasteiger partial charge in [0.1, 0.15) is 0 Å². The van der Waals surface area contributed by atoms with Gasteiger partial charge in [0.15, 0.2) is 0 Å². The van der Waals surface area contributed by atoms with Gasteiger partial charge < -0.3 is 10.6 Å². The second-order valence-corrected chi connectivity index (χ2v) is 6.58. The van der Waals surface area contributed by atoms with E-state index in [4.69, 9.17) is 0 Å². The lowest BCUT2D eigenvalue weighted by molar-refractivity contribution is -0.121. The van der Waals surface area contributed by atoms with E-state index in [1.165, 1.54) is 0 Å². The molecule has 2 aromatic rings. The number of hydrogen-bond donors (Lipinski definition) is 2. The van der Waals surface area contributed by atoms with Crippen LogP contribution in [0.4, 0.5) is 0 Å². The van der Waals surface area contributed by atoms with Gasteiger partial charge in [-0.3, -0.25) is 9.59 Å². The molecule has 0 bridgehead atoms. The summed E-state index contributed by atoms with van der Waals surface area (Å²) in [7, 11) is 0. The molecule has 0 spiro atoms. The lowest BCUT2D eigenvalue weighted by Crippen LogP contribution is -2.32. The fourth-order valence-electron chi connectivity index (χ4n) is 2.36. The molecule has 0 radical (unpaired) electrons. The van der Waals surface area contributed by atoms with Crippen LogP contribution in [-0.2, 0) is 4.79 Å². The van der Waals surface area contributed by atoms with E-state index in [0.717, 1.165) is 15.6 Å². The minimum absolute atomic E-state index is 0.0716. The number of carbonyl (C=O) groups excluding carboxylic acids is 2. The molecule has 0 saturated heterocycles. The maximum absolute atomic E-state index is 12.1. The number of hydrogen-bond acceptors (Lipinski definition) is 2. The van der Waals surface area contributed by atoms with E-state index in [9.17, 15) is 9.59 Å². The van der Waals surface area contributed by atoms with Gasteiger partial charge in [0.2, 0.25) is 5.91 Å². The maximum atomic E-state index is 12.1. The first kappa shape index (κ1) is 18.2. The molecular weight excluding hydrogens is 368 g/mol. The fourth-order valence-corrected chi connectivity index (χ4v) is 2.63. The second-order valence-electron chi connectivity index (χ2n) is 5.66. The molecule has 1 atom stereocenters. The number of aryl methyl sites for hydroxylation is 1. The summed E-state index contributed by atoms with van der Waals surface area (Å²) >= 11 is 3.39. The van der Waals surface area contributed by atoms with Crippen molar-refractivity contribution < 1.29 is 9.59 Å². The van der Waals surface area contributed by atoms with E-state index in [-0.39, 0.29) is 24.3 Å². The number of benzene rings is 2. The summed E-state index contributed by atoms with van der Waals surface area (Å²) in [5.41, 5.74) is 2.60. The third kappa shape index (κ3) is 5.20. The standard InChI is InChI=1S/C19H21BrN2O2/c1-13-5-3-4-6-17(13)19(24)21-12-11-18(23)22-14(2)15-7-9-16(20)10-8-15/h3-10,14H,11-12H2,1-2H3,(H,21,24)(H,22,23). The quantitative estimate of drug-likeness (QED) is 0.791. The van der Waals surface area contributed by atoms with Crippen LogP contribution in [0.5, 0.6) is 0 Å². The molecule has 0 aliphatic heterocycles. The Labute approximate surface area is 150 Å². The molecule has 0 aromatic heterocycles. The van der Waals surface area contributed by atoms with Crippen LogP contribution in [0.2, 0.25) is 0 Å². The monoisotopic (exact) mass is 388 g/mol. The largest absolute Gasteiger partial charge is 0.352 e. The molecule has 2 amide bonds. The van der Waals surface area contributed by atoms with Crippen molar-refractivity contribution in [1.29, 1.82) is 0 Å². The minimum atomic E-state index is -0.151. The fraction of sp³-hybridized carbons (Fsp3) is 0.263. The lowest BCUT2D eigenvalue weighted by Gasteiger charge is -2.15. The van der Waals surface area contributed by atoms with Crippen molar-refractivity contribution in [2.75, 3.05) is 6.54 Å². The van der Waals surface area contributed by atoms with Crippen molar-refractivity contribution in [1.82, 2.24) is 10.6 Å². The molecule has 24 heavy (non-hydrogen) atoms. The molecule has 5 heteroatoms. The number of carbonyl (C=O) groups is 2. The minimum Gasteiger partial charge on any atom is -0.352 e. The van der Waals surface area contributed by atoms with Crippen LogP contribution in [0.1, 0.15) is 40.9 Å². The molecule has 0 heterocycles. The summed E-state index contributed by atoms with van der Waals surface area (Å²) in [6.45, 7) is 4.14. The Hall–Kier alpha value is -2.14. The Morgan fingerprint density at radius 3 is 2.42 bits per heavy atom. The topological polar surface area (TPSA) is 58.2 Å². The Balaban J connectivity index is 1.78. The molecule has 0 aliphatic rings. The van der Waals surface area contributed by atoms with E-state index >= 15 is 0 Å². The maximum Gasteiger partial charge on any atom is 0.251 e. The van der Waals surface area contributed by atoms with E-state index < -0.39 is 0 Å². The van der Waals surface area contributed by atoms with Crippen molar-refractivity contribution in [3.05, 3.63) is 69.7 Å². The Morgan fingerprint density at radius 1 is 1.08 bits per heavy atom. The van der Waals surface area contributed by atoms with Crippen molar-refractivity contribution in [2.24, 2.45) is 0 Å². The van der Waals surface area contributed by atoms with E-state index in [2.05, 4.69) is 26.6 Å². The van der Waals surface area contributed by atoms with Gasteiger partial charge in [-0.1, -0.05) is 46.3 Å². The van der Waals surface area contributed by atoms with Crippen LogP contribution in [-0.4, -0.2) is 18.4 Å². The number of rotatable bonds is 6. The first-order valence-corrected chi connectivity index (χ1v) is 8.65. The number of nitrogens with one attached hydrogen (secondary N) is 2. The summed E-state index contributed by atoms with van der Waals surface area (Å²) in [4.78, 5) is 24.1. The molecular formula is C19H21BrN2O2. The normalized spacial score (nSPS) is 11.6. The van der Waals surface area contributed by atoms with Crippen LogP contribution in [0.15, 0.2) is 53.0 Å². The SMILES string of the molecule is Cc1ccccc1C(=O)NCCC(=O)NC(C)c1ccc(Br)cc1. The lowest BCUT2D eigenvalue weighted by atomic mass is 10.1. The van der Waals surface area contributed by atoms with Gasteiger partial charge in [0.05, 0.1) is 6.04 Å². The highest BCUT2D eigenvalue weighted by atomic mass is 79.9. The Bertz CT molecular complexity index is 714. The Morgan fingerprint density at radius 2 is 1.75 bits per heavy atom. The van der Waals surface area contributed by atoms with Crippen LogP contribution in [0.25, 0.3) is 0 Å². The molecule has 2 aromatic carbocycles. The summed E-state index contributed by atoms with van der Waals surface area (Å²) in [5, 5.41) is 5.72. The third-order valence-electron chi connectivity index (χ3n) is 3.77. The molecule has 4 nitrogen and oxygen atoms in total. The molecule has 1 unspecified atom stereocenters. The zero-order chi connectivity index (χ0) is 17.5. The third-order valence-corrected chi connectivity index (χ3v) is 4.30. The van der Waals surface area contributed by atoms with Gasteiger partial charge >= 0.3 is 0 Å². The van der Waals surface area contributed by atoms with Gasteiger partial charge in [-0.25, -0.2) is 0 Å². The van der Waals surface area contributed by atoms with Crippen LogP contribution >= 0.6 is 15.9 Å². The molecule has 0 aliphatic carbocycles. The first-order valence-electron chi connectivity index (χ1n) is 7.86. The average molecular weight is 389 g/mol. The van der Waals surface area contributed by atoms with Crippen molar-refractivity contribution in [2.45, 2.75) is 26.3 Å². The molecule has 2 rings (SSSR count). The van der Waals surface area contributed by atoms with Gasteiger partial charge in [-0.15, -0.1) is 0 Å². The first-order chi connectivity index (χ1) is 11.5. The highest BCUT2D eigenvalue weighted by Gasteiger charge is 2.11. The molecule has 126 valence electrons. The van der Waals surface area contributed by atoms with Crippen molar-refractivity contribution >= 4 is 27.7 Å². The van der Waals surface area contributed by atoms with E-state index in [1.54, 1.807) is 6.07 Å². The summed E-state index contributed by atoms with van der Waals surface area (Å²) in [5.74, 6) is -0.239. The van der Waals surface area contributed by atoms with Gasteiger partial charge in [-0.2, -0.15) is 0 Å². The van der Waals surface area contributed by atoms with Crippen LogP contribution in [0.3, 0.4) is 0 Å². The summed E-state index contributed by atoms with van der Waals surface area (Å²) < 4.78 is 1.00. The zero-order valence-electron chi connectivity index (χ0n) is 13.8. The highest BCUT2D eigenvalue weighted by Crippen LogP contribution is 2.16. The smallest absolute Gasteiger partial charge is 0.251 e. The Kier molecular flexibility index (Phi) is 6.55. The predicted molar refractivity (Wildman–Crippen MR) is 98.8 cm³/mol. The van der Waals surface area contributed by atoms with E-state index in [1.807, 2.05) is 56.3 Å². The van der Waals surface area contributed by atoms with Gasteiger partial charge in [0, 0.05) is 23.0 Å².